The molecule has 1 aliphatic heterocycles. The van der Waals surface area contributed by atoms with Crippen molar-refractivity contribution in [3.05, 3.63) is 89.6 Å². The SMILES string of the molecule is CCOc1ccc(C2=C(N(CC)c3ccccc3)C(=O)N(c3cc(C)ccc3OC)C2=O)cc1. The van der Waals surface area contributed by atoms with E-state index in [-0.39, 0.29) is 11.8 Å². The molecule has 0 aliphatic carbocycles. The summed E-state index contributed by atoms with van der Waals surface area (Å²) in [6.07, 6.45) is 0. The van der Waals surface area contributed by atoms with Crippen molar-refractivity contribution in [3.8, 4) is 11.5 Å². The fourth-order valence-corrected chi connectivity index (χ4v) is 4.18. The topological polar surface area (TPSA) is 59.1 Å². The molecule has 0 fully saturated rings. The van der Waals surface area contributed by atoms with Gasteiger partial charge in [0.1, 0.15) is 17.2 Å². The molecular weight excluding hydrogens is 428 g/mol. The molecule has 4 rings (SSSR count). The number of carbonyl (C=O) groups excluding carboxylic acids is 2. The fourth-order valence-electron chi connectivity index (χ4n) is 4.18. The molecule has 0 saturated carbocycles. The molecular formula is C28H28N2O4. The number of hydrogen-bond acceptors (Lipinski definition) is 5. The molecule has 2 amide bonds. The highest BCUT2D eigenvalue weighted by Gasteiger charge is 2.43. The Kier molecular flexibility index (Phi) is 6.68. The normalized spacial score (nSPS) is 13.5. The van der Waals surface area contributed by atoms with Crippen molar-refractivity contribution in [1.29, 1.82) is 0 Å². The van der Waals surface area contributed by atoms with E-state index in [9.17, 15) is 9.59 Å². The zero-order valence-electron chi connectivity index (χ0n) is 19.9. The number of likely N-dealkylation sites (N-methyl/N-ethyl adjacent to an activating group) is 1. The predicted octanol–water partition coefficient (Wildman–Crippen LogP) is 5.21. The highest BCUT2D eigenvalue weighted by Crippen LogP contribution is 2.40. The second-order valence-electron chi connectivity index (χ2n) is 7.88. The van der Waals surface area contributed by atoms with Crippen LogP contribution in [0.2, 0.25) is 0 Å². The first-order valence-electron chi connectivity index (χ1n) is 11.3. The molecule has 0 aromatic heterocycles. The largest absolute Gasteiger partial charge is 0.495 e. The summed E-state index contributed by atoms with van der Waals surface area (Å²) >= 11 is 0. The van der Waals surface area contributed by atoms with Crippen molar-refractivity contribution >= 4 is 28.8 Å². The minimum Gasteiger partial charge on any atom is -0.495 e. The van der Waals surface area contributed by atoms with E-state index < -0.39 is 0 Å². The second kappa shape index (κ2) is 9.83. The Morgan fingerprint density at radius 1 is 0.882 bits per heavy atom. The molecule has 0 saturated heterocycles. The molecule has 6 nitrogen and oxygen atoms in total. The molecule has 0 unspecified atom stereocenters. The van der Waals surface area contributed by atoms with Gasteiger partial charge in [0.15, 0.2) is 0 Å². The Morgan fingerprint density at radius 2 is 1.59 bits per heavy atom. The summed E-state index contributed by atoms with van der Waals surface area (Å²) in [5, 5.41) is 0. The van der Waals surface area contributed by atoms with Crippen LogP contribution in [0.1, 0.15) is 25.0 Å². The van der Waals surface area contributed by atoms with E-state index in [1.54, 1.807) is 12.1 Å². The smallest absolute Gasteiger partial charge is 0.282 e. The van der Waals surface area contributed by atoms with Crippen LogP contribution in [0.5, 0.6) is 11.5 Å². The van der Waals surface area contributed by atoms with E-state index in [2.05, 4.69) is 0 Å². The van der Waals surface area contributed by atoms with E-state index in [1.165, 1.54) is 12.0 Å². The number of benzene rings is 3. The number of methoxy groups -OCH3 is 1. The maximum atomic E-state index is 13.9. The van der Waals surface area contributed by atoms with Gasteiger partial charge in [-0.2, -0.15) is 0 Å². The summed E-state index contributed by atoms with van der Waals surface area (Å²) in [5.74, 6) is 0.395. The number of rotatable bonds is 8. The molecule has 0 spiro atoms. The fraction of sp³-hybridized carbons (Fsp3) is 0.214. The van der Waals surface area contributed by atoms with Crippen molar-refractivity contribution < 1.29 is 19.1 Å². The van der Waals surface area contributed by atoms with Gasteiger partial charge < -0.3 is 14.4 Å². The van der Waals surface area contributed by atoms with E-state index in [1.807, 2.05) is 86.3 Å². The average molecular weight is 457 g/mol. The monoisotopic (exact) mass is 456 g/mol. The molecule has 1 heterocycles. The lowest BCUT2D eigenvalue weighted by Crippen LogP contribution is -2.35. The van der Waals surface area contributed by atoms with Crippen molar-refractivity contribution in [2.24, 2.45) is 0 Å². The van der Waals surface area contributed by atoms with Gasteiger partial charge in [-0.1, -0.05) is 36.4 Å². The lowest BCUT2D eigenvalue weighted by Gasteiger charge is -2.25. The number of amides is 2. The Morgan fingerprint density at radius 3 is 2.21 bits per heavy atom. The Bertz CT molecular complexity index is 1230. The number of anilines is 2. The van der Waals surface area contributed by atoms with Crippen LogP contribution in [0.3, 0.4) is 0 Å². The Hall–Kier alpha value is -4.06. The Labute approximate surface area is 200 Å². The van der Waals surface area contributed by atoms with Gasteiger partial charge in [-0.15, -0.1) is 0 Å². The molecule has 3 aromatic rings. The highest BCUT2D eigenvalue weighted by atomic mass is 16.5. The molecule has 34 heavy (non-hydrogen) atoms. The first-order valence-corrected chi connectivity index (χ1v) is 11.3. The van der Waals surface area contributed by atoms with Crippen LogP contribution in [-0.4, -0.2) is 32.1 Å². The molecule has 3 aromatic carbocycles. The van der Waals surface area contributed by atoms with Crippen LogP contribution in [0.25, 0.3) is 5.57 Å². The van der Waals surface area contributed by atoms with Crippen molar-refractivity contribution in [2.45, 2.75) is 20.8 Å². The molecule has 0 radical (unpaired) electrons. The third-order valence-electron chi connectivity index (χ3n) is 5.74. The van der Waals surface area contributed by atoms with Crippen LogP contribution in [0.4, 0.5) is 11.4 Å². The summed E-state index contributed by atoms with van der Waals surface area (Å²) in [4.78, 5) is 31.0. The number of hydrogen-bond donors (Lipinski definition) is 0. The van der Waals surface area contributed by atoms with E-state index in [0.717, 1.165) is 11.3 Å². The van der Waals surface area contributed by atoms with Gasteiger partial charge in [-0.05, 0) is 68.3 Å². The molecule has 6 heteroatoms. The maximum Gasteiger partial charge on any atom is 0.282 e. The van der Waals surface area contributed by atoms with Gasteiger partial charge in [-0.25, -0.2) is 4.90 Å². The zero-order chi connectivity index (χ0) is 24.2. The van der Waals surface area contributed by atoms with Gasteiger partial charge in [-0.3, -0.25) is 9.59 Å². The van der Waals surface area contributed by atoms with Crippen LogP contribution < -0.4 is 19.3 Å². The molecule has 1 aliphatic rings. The summed E-state index contributed by atoms with van der Waals surface area (Å²) in [7, 11) is 1.53. The summed E-state index contributed by atoms with van der Waals surface area (Å²) < 4.78 is 11.1. The lowest BCUT2D eigenvalue weighted by atomic mass is 10.0. The number of para-hydroxylation sites is 1. The molecule has 174 valence electrons. The van der Waals surface area contributed by atoms with Crippen molar-refractivity contribution in [1.82, 2.24) is 0 Å². The standard InChI is InChI=1S/C28H28N2O4/c1-5-29(21-10-8-7-9-11-21)26-25(20-13-15-22(16-14-20)34-6-2)27(31)30(28(26)32)23-18-19(3)12-17-24(23)33-4/h7-18H,5-6H2,1-4H3. The average Bonchev–Trinajstić information content (AvgIpc) is 3.11. The van der Waals surface area contributed by atoms with E-state index in [0.29, 0.717) is 47.2 Å². The third-order valence-corrected chi connectivity index (χ3v) is 5.74. The van der Waals surface area contributed by atoms with Gasteiger partial charge in [0, 0.05) is 12.2 Å². The number of ether oxygens (including phenoxy) is 2. The van der Waals surface area contributed by atoms with Gasteiger partial charge in [0.25, 0.3) is 11.8 Å². The molecule has 0 atom stereocenters. The molecule has 0 N–H and O–H groups in total. The third kappa shape index (κ3) is 4.15. The predicted molar refractivity (Wildman–Crippen MR) is 134 cm³/mol. The maximum absolute atomic E-state index is 13.9. The number of carbonyl (C=O) groups is 2. The zero-order valence-corrected chi connectivity index (χ0v) is 19.9. The summed E-state index contributed by atoms with van der Waals surface area (Å²) in [6, 6.07) is 22.3. The first-order chi connectivity index (χ1) is 16.5. The first kappa shape index (κ1) is 23.1. The van der Waals surface area contributed by atoms with Crippen molar-refractivity contribution in [2.75, 3.05) is 30.1 Å². The molecule has 0 bridgehead atoms. The van der Waals surface area contributed by atoms with Crippen LogP contribution in [-0.2, 0) is 9.59 Å². The van der Waals surface area contributed by atoms with Crippen LogP contribution in [0.15, 0.2) is 78.5 Å². The summed E-state index contributed by atoms with van der Waals surface area (Å²) in [6.45, 7) is 6.85. The minimum atomic E-state index is -0.387. The van der Waals surface area contributed by atoms with Crippen LogP contribution in [0, 0.1) is 6.92 Å². The highest BCUT2D eigenvalue weighted by molar-refractivity contribution is 6.46. The Balaban J connectivity index is 1.90. The van der Waals surface area contributed by atoms with Crippen molar-refractivity contribution in [3.63, 3.8) is 0 Å². The number of nitrogens with zero attached hydrogens (tertiary/aromatic N) is 2. The second-order valence-corrected chi connectivity index (χ2v) is 7.88. The lowest BCUT2D eigenvalue weighted by molar-refractivity contribution is -0.120. The van der Waals surface area contributed by atoms with E-state index in [4.69, 9.17) is 9.47 Å². The number of aryl methyl sites for hydroxylation is 1. The quantitative estimate of drug-likeness (QED) is 0.436. The van der Waals surface area contributed by atoms with Gasteiger partial charge >= 0.3 is 0 Å². The van der Waals surface area contributed by atoms with E-state index >= 15 is 0 Å². The minimum absolute atomic E-state index is 0.339. The van der Waals surface area contributed by atoms with Gasteiger partial charge in [0.2, 0.25) is 0 Å². The van der Waals surface area contributed by atoms with Gasteiger partial charge in [0.05, 0.1) is 25.0 Å². The van der Waals surface area contributed by atoms with Crippen LogP contribution >= 0.6 is 0 Å². The summed E-state index contributed by atoms with van der Waals surface area (Å²) in [5.41, 5.74) is 3.53. The number of imide groups is 1.